The quantitative estimate of drug-likeness (QED) is 0.562. The van der Waals surface area contributed by atoms with E-state index in [0.29, 0.717) is 12.6 Å². The van der Waals surface area contributed by atoms with Crippen molar-refractivity contribution in [3.8, 4) is 0 Å². The van der Waals surface area contributed by atoms with Crippen LogP contribution in [0.1, 0.15) is 39.0 Å². The molecule has 0 spiro atoms. The second-order valence-electron chi connectivity index (χ2n) is 4.16. The van der Waals surface area contributed by atoms with Gasteiger partial charge in [0.25, 0.3) is 0 Å². The zero-order valence-electron chi connectivity index (χ0n) is 9.84. The Morgan fingerprint density at radius 1 is 1.19 bits per heavy atom. The molecule has 3 amide bonds. The smallest absolute Gasteiger partial charge is 0.315 e. The third kappa shape index (κ3) is 6.27. The van der Waals surface area contributed by atoms with E-state index in [-0.39, 0.29) is 18.5 Å². The van der Waals surface area contributed by atoms with E-state index in [0.717, 1.165) is 32.1 Å². The van der Waals surface area contributed by atoms with E-state index in [1.807, 2.05) is 0 Å². The predicted molar refractivity (Wildman–Crippen MR) is 62.1 cm³/mol. The molecule has 92 valence electrons. The Morgan fingerprint density at radius 3 is 2.56 bits per heavy atom. The van der Waals surface area contributed by atoms with E-state index in [4.69, 9.17) is 0 Å². The summed E-state index contributed by atoms with van der Waals surface area (Å²) in [5.74, 6) is -0.123. The highest BCUT2D eigenvalue weighted by Gasteiger charge is 2.23. The van der Waals surface area contributed by atoms with Crippen LogP contribution >= 0.6 is 0 Å². The van der Waals surface area contributed by atoms with Gasteiger partial charge in [0.1, 0.15) is 0 Å². The van der Waals surface area contributed by atoms with Crippen LogP contribution in [0.2, 0.25) is 0 Å². The summed E-state index contributed by atoms with van der Waals surface area (Å²) < 4.78 is 0. The Balaban J connectivity index is 1.94. The van der Waals surface area contributed by atoms with Gasteiger partial charge < -0.3 is 16.0 Å². The number of rotatable bonds is 7. The van der Waals surface area contributed by atoms with Gasteiger partial charge in [0.15, 0.2) is 0 Å². The molecule has 0 bridgehead atoms. The largest absolute Gasteiger partial charge is 0.355 e. The number of unbranched alkanes of at least 4 members (excludes halogenated alkanes) is 2. The van der Waals surface area contributed by atoms with Crippen molar-refractivity contribution in [2.45, 2.75) is 45.1 Å². The van der Waals surface area contributed by atoms with Crippen molar-refractivity contribution in [1.82, 2.24) is 16.0 Å². The number of carbonyl (C=O) groups is 2. The molecule has 5 nitrogen and oxygen atoms in total. The first kappa shape index (κ1) is 12.8. The normalized spacial score (nSPS) is 14.3. The standard InChI is InChI=1S/C11H21N3O2/c1-2-3-4-7-12-10(15)8-13-11(16)14-9-5-6-9/h9H,2-8H2,1H3,(H,12,15)(H2,13,14,16). The predicted octanol–water partition coefficient (Wildman–Crippen LogP) is 0.754. The van der Waals surface area contributed by atoms with Crippen molar-refractivity contribution in [2.75, 3.05) is 13.1 Å². The molecule has 1 fully saturated rings. The van der Waals surface area contributed by atoms with Crippen molar-refractivity contribution in [2.24, 2.45) is 0 Å². The Hall–Kier alpha value is -1.26. The topological polar surface area (TPSA) is 70.2 Å². The first-order chi connectivity index (χ1) is 7.72. The fourth-order valence-electron chi connectivity index (χ4n) is 1.29. The molecular formula is C11H21N3O2. The van der Waals surface area contributed by atoms with Crippen molar-refractivity contribution >= 4 is 11.9 Å². The lowest BCUT2D eigenvalue weighted by Crippen LogP contribution is -2.42. The Labute approximate surface area is 96.4 Å². The molecule has 0 aromatic rings. The van der Waals surface area contributed by atoms with Gasteiger partial charge in [-0.05, 0) is 19.3 Å². The van der Waals surface area contributed by atoms with Crippen LogP contribution in [0.15, 0.2) is 0 Å². The molecule has 5 heteroatoms. The molecule has 0 saturated heterocycles. The lowest BCUT2D eigenvalue weighted by Gasteiger charge is -2.07. The van der Waals surface area contributed by atoms with Crippen LogP contribution in [0.25, 0.3) is 0 Å². The maximum atomic E-state index is 11.3. The second kappa shape index (κ2) is 7.09. The van der Waals surface area contributed by atoms with Crippen LogP contribution < -0.4 is 16.0 Å². The lowest BCUT2D eigenvalue weighted by molar-refractivity contribution is -0.120. The molecule has 1 saturated carbocycles. The summed E-state index contributed by atoms with van der Waals surface area (Å²) >= 11 is 0. The molecule has 0 aromatic carbocycles. The van der Waals surface area contributed by atoms with E-state index < -0.39 is 0 Å². The van der Waals surface area contributed by atoms with Gasteiger partial charge >= 0.3 is 6.03 Å². The van der Waals surface area contributed by atoms with Crippen LogP contribution in [0.3, 0.4) is 0 Å². The van der Waals surface area contributed by atoms with E-state index in [9.17, 15) is 9.59 Å². The van der Waals surface area contributed by atoms with Gasteiger partial charge in [-0.2, -0.15) is 0 Å². The SMILES string of the molecule is CCCCCNC(=O)CNC(=O)NC1CC1. The average molecular weight is 227 g/mol. The molecule has 0 atom stereocenters. The number of nitrogens with one attached hydrogen (secondary N) is 3. The molecule has 3 N–H and O–H groups in total. The Bertz CT molecular complexity index is 239. The first-order valence-electron chi connectivity index (χ1n) is 6.03. The van der Waals surface area contributed by atoms with E-state index >= 15 is 0 Å². The zero-order chi connectivity index (χ0) is 11.8. The third-order valence-corrected chi connectivity index (χ3v) is 2.42. The van der Waals surface area contributed by atoms with Gasteiger partial charge in [-0.1, -0.05) is 19.8 Å². The number of hydrogen-bond acceptors (Lipinski definition) is 2. The molecule has 1 aliphatic carbocycles. The van der Waals surface area contributed by atoms with E-state index in [1.54, 1.807) is 0 Å². The minimum Gasteiger partial charge on any atom is -0.355 e. The molecule has 0 unspecified atom stereocenters. The maximum absolute atomic E-state index is 11.3. The molecule has 0 radical (unpaired) electrons. The summed E-state index contributed by atoms with van der Waals surface area (Å²) in [5.41, 5.74) is 0. The minimum absolute atomic E-state index is 0.0602. The molecular weight excluding hydrogens is 206 g/mol. The third-order valence-electron chi connectivity index (χ3n) is 2.42. The number of carbonyl (C=O) groups excluding carboxylic acids is 2. The average Bonchev–Trinajstić information content (AvgIpc) is 3.05. The molecule has 0 aromatic heterocycles. The summed E-state index contributed by atoms with van der Waals surface area (Å²) in [6.45, 7) is 2.87. The first-order valence-corrected chi connectivity index (χ1v) is 6.03. The van der Waals surface area contributed by atoms with Gasteiger partial charge in [-0.25, -0.2) is 4.79 Å². The summed E-state index contributed by atoms with van der Waals surface area (Å²) in [6.07, 6.45) is 5.36. The number of amides is 3. The highest BCUT2D eigenvalue weighted by molar-refractivity contribution is 5.84. The monoisotopic (exact) mass is 227 g/mol. The fourth-order valence-corrected chi connectivity index (χ4v) is 1.29. The van der Waals surface area contributed by atoms with E-state index in [1.165, 1.54) is 0 Å². The van der Waals surface area contributed by atoms with Crippen LogP contribution in [0, 0.1) is 0 Å². The molecule has 1 rings (SSSR count). The van der Waals surface area contributed by atoms with Crippen LogP contribution in [0.4, 0.5) is 4.79 Å². The summed E-state index contributed by atoms with van der Waals surface area (Å²) in [4.78, 5) is 22.4. The number of hydrogen-bond donors (Lipinski definition) is 3. The van der Waals surface area contributed by atoms with Gasteiger partial charge in [0, 0.05) is 12.6 Å². The summed E-state index contributed by atoms with van der Waals surface area (Å²) in [6, 6.07) is 0.0822. The Kier molecular flexibility index (Phi) is 5.67. The molecule has 0 aliphatic heterocycles. The van der Waals surface area contributed by atoms with Gasteiger partial charge in [0.05, 0.1) is 6.54 Å². The van der Waals surface area contributed by atoms with E-state index in [2.05, 4.69) is 22.9 Å². The second-order valence-corrected chi connectivity index (χ2v) is 4.16. The van der Waals surface area contributed by atoms with Gasteiger partial charge in [-0.3, -0.25) is 4.79 Å². The molecule has 1 aliphatic rings. The van der Waals surface area contributed by atoms with Crippen molar-refractivity contribution < 1.29 is 9.59 Å². The molecule has 0 heterocycles. The fraction of sp³-hybridized carbons (Fsp3) is 0.818. The highest BCUT2D eigenvalue weighted by Crippen LogP contribution is 2.17. The van der Waals surface area contributed by atoms with Crippen LogP contribution in [-0.2, 0) is 4.79 Å². The van der Waals surface area contributed by atoms with Crippen molar-refractivity contribution in [3.63, 3.8) is 0 Å². The van der Waals surface area contributed by atoms with Gasteiger partial charge in [-0.15, -0.1) is 0 Å². The Morgan fingerprint density at radius 2 is 1.94 bits per heavy atom. The zero-order valence-corrected chi connectivity index (χ0v) is 9.84. The molecule has 16 heavy (non-hydrogen) atoms. The highest BCUT2D eigenvalue weighted by atomic mass is 16.2. The van der Waals surface area contributed by atoms with Crippen molar-refractivity contribution in [3.05, 3.63) is 0 Å². The van der Waals surface area contributed by atoms with Crippen LogP contribution in [-0.4, -0.2) is 31.1 Å². The summed E-state index contributed by atoms with van der Waals surface area (Å²) in [5, 5.41) is 8.05. The maximum Gasteiger partial charge on any atom is 0.315 e. The van der Waals surface area contributed by atoms with Gasteiger partial charge in [0.2, 0.25) is 5.91 Å². The van der Waals surface area contributed by atoms with Crippen LogP contribution in [0.5, 0.6) is 0 Å². The lowest BCUT2D eigenvalue weighted by atomic mass is 10.2. The minimum atomic E-state index is -0.244. The number of urea groups is 1. The van der Waals surface area contributed by atoms with Crippen molar-refractivity contribution in [1.29, 1.82) is 0 Å². The summed E-state index contributed by atoms with van der Waals surface area (Å²) in [7, 11) is 0.